The van der Waals surface area contributed by atoms with Crippen molar-refractivity contribution in [2.24, 2.45) is 46.8 Å². The van der Waals surface area contributed by atoms with Gasteiger partial charge in [-0.15, -0.1) is 0 Å². The van der Waals surface area contributed by atoms with E-state index in [0.29, 0.717) is 12.3 Å². The Morgan fingerprint density at radius 1 is 1.18 bits per heavy atom. The van der Waals surface area contributed by atoms with Crippen LogP contribution in [0, 0.1) is 52.2 Å². The number of allylic oxidation sites excluding steroid dienone is 2. The van der Waals surface area contributed by atoms with Gasteiger partial charge < -0.3 is 10.1 Å². The van der Waals surface area contributed by atoms with Gasteiger partial charge in [0.05, 0.1) is 0 Å². The van der Waals surface area contributed by atoms with Crippen LogP contribution in [0.15, 0.2) is 11.6 Å². The lowest BCUT2D eigenvalue weighted by atomic mass is 9.45. The predicted molar refractivity (Wildman–Crippen MR) is 109 cm³/mol. The van der Waals surface area contributed by atoms with Crippen LogP contribution in [0.4, 0.5) is 0 Å². The fourth-order valence-electron chi connectivity index (χ4n) is 9.61. The minimum atomic E-state index is -0.109. The molecule has 0 radical (unpaired) electrons. The molecule has 6 unspecified atom stereocenters. The molecule has 3 heteroatoms. The molecule has 6 aliphatic rings. The second-order valence-electron chi connectivity index (χ2n) is 10.9. The van der Waals surface area contributed by atoms with E-state index in [-0.39, 0.29) is 17.0 Å². The number of ether oxygens (including phenoxy) is 1. The minimum Gasteiger partial charge on any atom is -0.458 e. The quantitative estimate of drug-likeness (QED) is 0.639. The molecular weight excluding hydrogens is 346 g/mol. The standard InChI is InChI=1S/C25H35NO2/c1-3-14-11-15-12-16(26)5-6-17(15)18-7-9-24(4-2)23(22(14)18)19-13-20(19)25(24)10-8-21(27)28-25/h12,14,17-20,22-23,26H,3-11,13H2,1-2H3/t14?,17-,18?,19?,20?,22?,23?,24-,25-/m0/s1. The Morgan fingerprint density at radius 3 is 2.75 bits per heavy atom. The maximum absolute atomic E-state index is 12.3. The fourth-order valence-corrected chi connectivity index (χ4v) is 9.61. The molecule has 5 aliphatic carbocycles. The molecule has 0 bridgehead atoms. The Kier molecular flexibility index (Phi) is 3.62. The zero-order valence-electron chi connectivity index (χ0n) is 17.5. The SMILES string of the molecule is CCC1CC2=CC(=N)CC[C@@H]2C2CC[C@@]3(CC)C(C4CC4[C@@]34CCC(=O)O4)C12. The first-order chi connectivity index (χ1) is 13.5. The van der Waals surface area contributed by atoms with Crippen LogP contribution in [0.5, 0.6) is 0 Å². The van der Waals surface area contributed by atoms with E-state index in [4.69, 9.17) is 10.1 Å². The summed E-state index contributed by atoms with van der Waals surface area (Å²) in [7, 11) is 0. The highest BCUT2D eigenvalue weighted by atomic mass is 16.6. The number of rotatable bonds is 2. The second-order valence-corrected chi connectivity index (χ2v) is 10.9. The summed E-state index contributed by atoms with van der Waals surface area (Å²) in [4.78, 5) is 12.3. The van der Waals surface area contributed by atoms with Crippen molar-refractivity contribution in [2.45, 2.75) is 83.7 Å². The van der Waals surface area contributed by atoms with Crippen LogP contribution in [0.25, 0.3) is 0 Å². The maximum atomic E-state index is 12.3. The Hall–Kier alpha value is -1.12. The molecule has 0 amide bonds. The van der Waals surface area contributed by atoms with Crippen molar-refractivity contribution >= 4 is 11.7 Å². The number of hydrogen-bond acceptors (Lipinski definition) is 3. The van der Waals surface area contributed by atoms with Gasteiger partial charge in [-0.3, -0.25) is 4.79 Å². The van der Waals surface area contributed by atoms with E-state index in [2.05, 4.69) is 19.9 Å². The largest absolute Gasteiger partial charge is 0.458 e. The summed E-state index contributed by atoms with van der Waals surface area (Å²) in [6.07, 6.45) is 13.7. The van der Waals surface area contributed by atoms with Crippen LogP contribution in [0.1, 0.15) is 78.1 Å². The highest BCUT2D eigenvalue weighted by Crippen LogP contribution is 2.79. The summed E-state index contributed by atoms with van der Waals surface area (Å²) in [6.45, 7) is 4.78. The van der Waals surface area contributed by atoms with Crippen LogP contribution in [0.2, 0.25) is 0 Å². The summed E-state index contributed by atoms with van der Waals surface area (Å²) in [6, 6.07) is 0. The Morgan fingerprint density at radius 2 is 2.04 bits per heavy atom. The summed E-state index contributed by atoms with van der Waals surface area (Å²) >= 11 is 0. The molecule has 1 aliphatic heterocycles. The van der Waals surface area contributed by atoms with E-state index in [9.17, 15) is 4.79 Å². The third-order valence-electron chi connectivity index (χ3n) is 10.5. The van der Waals surface area contributed by atoms with E-state index in [1.807, 2.05) is 0 Å². The molecular formula is C25H35NO2. The third kappa shape index (κ3) is 1.97. The first-order valence-corrected chi connectivity index (χ1v) is 12.0. The van der Waals surface area contributed by atoms with Crippen LogP contribution in [-0.2, 0) is 9.53 Å². The molecule has 6 rings (SSSR count). The lowest BCUT2D eigenvalue weighted by Gasteiger charge is -2.60. The van der Waals surface area contributed by atoms with Crippen molar-refractivity contribution in [1.82, 2.24) is 0 Å². The number of carbonyl (C=O) groups excluding carboxylic acids is 1. The van der Waals surface area contributed by atoms with E-state index in [1.165, 1.54) is 44.9 Å². The molecule has 9 atom stereocenters. The summed E-state index contributed by atoms with van der Waals surface area (Å²) in [5.41, 5.74) is 2.62. The van der Waals surface area contributed by atoms with Gasteiger partial charge in [0.15, 0.2) is 0 Å². The molecule has 152 valence electrons. The van der Waals surface area contributed by atoms with Gasteiger partial charge in [-0.05, 0) is 93.0 Å². The normalized spacial score (nSPS) is 53.8. The molecule has 28 heavy (non-hydrogen) atoms. The molecule has 1 spiro atoms. The van der Waals surface area contributed by atoms with Gasteiger partial charge in [0.25, 0.3) is 0 Å². The molecule has 1 saturated heterocycles. The van der Waals surface area contributed by atoms with Gasteiger partial charge >= 0.3 is 5.97 Å². The number of nitrogens with one attached hydrogen (secondary N) is 1. The lowest BCUT2D eigenvalue weighted by molar-refractivity contribution is -0.182. The van der Waals surface area contributed by atoms with Crippen molar-refractivity contribution in [3.05, 3.63) is 11.6 Å². The Bertz CT molecular complexity index is 771. The van der Waals surface area contributed by atoms with Crippen LogP contribution in [0.3, 0.4) is 0 Å². The first kappa shape index (κ1) is 17.7. The third-order valence-corrected chi connectivity index (χ3v) is 10.5. The molecule has 0 aromatic rings. The maximum Gasteiger partial charge on any atom is 0.306 e. The van der Waals surface area contributed by atoms with E-state index in [1.54, 1.807) is 5.57 Å². The second kappa shape index (κ2) is 5.73. The highest BCUT2D eigenvalue weighted by molar-refractivity contribution is 5.93. The first-order valence-electron chi connectivity index (χ1n) is 12.0. The van der Waals surface area contributed by atoms with Crippen molar-refractivity contribution < 1.29 is 9.53 Å². The van der Waals surface area contributed by atoms with Crippen molar-refractivity contribution in [3.63, 3.8) is 0 Å². The predicted octanol–water partition coefficient (Wildman–Crippen LogP) is 5.54. The van der Waals surface area contributed by atoms with Crippen LogP contribution >= 0.6 is 0 Å². The monoisotopic (exact) mass is 381 g/mol. The van der Waals surface area contributed by atoms with Gasteiger partial charge in [-0.25, -0.2) is 0 Å². The zero-order valence-corrected chi connectivity index (χ0v) is 17.5. The number of fused-ring (bicyclic) bond motifs is 9. The Balaban J connectivity index is 1.43. The van der Waals surface area contributed by atoms with Gasteiger partial charge in [0, 0.05) is 23.5 Å². The molecule has 5 fully saturated rings. The molecule has 0 aromatic carbocycles. The van der Waals surface area contributed by atoms with Crippen molar-refractivity contribution in [2.75, 3.05) is 0 Å². The lowest BCUT2D eigenvalue weighted by Crippen LogP contribution is -2.57. The molecule has 0 aromatic heterocycles. The number of esters is 1. The van der Waals surface area contributed by atoms with Gasteiger partial charge in [0.2, 0.25) is 0 Å². The van der Waals surface area contributed by atoms with Crippen LogP contribution in [-0.4, -0.2) is 17.3 Å². The average molecular weight is 382 g/mol. The van der Waals surface area contributed by atoms with Crippen molar-refractivity contribution in [3.8, 4) is 0 Å². The summed E-state index contributed by atoms with van der Waals surface area (Å²) in [5, 5.41) is 8.19. The molecule has 3 nitrogen and oxygen atoms in total. The highest BCUT2D eigenvalue weighted by Gasteiger charge is 2.79. The summed E-state index contributed by atoms with van der Waals surface area (Å²) in [5.74, 6) is 5.47. The van der Waals surface area contributed by atoms with E-state index >= 15 is 0 Å². The number of carbonyl (C=O) groups is 1. The smallest absolute Gasteiger partial charge is 0.306 e. The zero-order chi connectivity index (χ0) is 19.3. The topological polar surface area (TPSA) is 50.2 Å². The molecule has 4 saturated carbocycles. The average Bonchev–Trinajstić information content (AvgIpc) is 3.34. The minimum absolute atomic E-state index is 0.0768. The van der Waals surface area contributed by atoms with Crippen LogP contribution < -0.4 is 0 Å². The molecule has 1 heterocycles. The van der Waals surface area contributed by atoms with Gasteiger partial charge in [0.1, 0.15) is 5.60 Å². The Labute approximate surface area is 169 Å². The van der Waals surface area contributed by atoms with Crippen molar-refractivity contribution in [1.29, 1.82) is 5.41 Å². The van der Waals surface area contributed by atoms with E-state index < -0.39 is 0 Å². The summed E-state index contributed by atoms with van der Waals surface area (Å²) < 4.78 is 6.32. The fraction of sp³-hybridized carbons (Fsp3) is 0.840. The molecule has 1 N–H and O–H groups in total. The van der Waals surface area contributed by atoms with Gasteiger partial charge in [-0.2, -0.15) is 0 Å². The number of hydrogen-bond donors (Lipinski definition) is 1. The van der Waals surface area contributed by atoms with Gasteiger partial charge in [-0.1, -0.05) is 25.8 Å². The van der Waals surface area contributed by atoms with E-state index in [0.717, 1.165) is 54.1 Å².